The summed E-state index contributed by atoms with van der Waals surface area (Å²) in [7, 11) is 0. The lowest BCUT2D eigenvalue weighted by Gasteiger charge is -2.21. The number of para-hydroxylation sites is 1. The third-order valence-corrected chi connectivity index (χ3v) is 5.19. The Labute approximate surface area is 152 Å². The minimum absolute atomic E-state index is 0.195. The number of pyridine rings is 1. The number of benzene rings is 2. The smallest absolute Gasteiger partial charge is 0.261 e. The van der Waals surface area contributed by atoms with Gasteiger partial charge in [0.2, 0.25) is 5.43 Å². The summed E-state index contributed by atoms with van der Waals surface area (Å²) in [5, 5.41) is 3.59. The highest BCUT2D eigenvalue weighted by Gasteiger charge is 2.20. The first-order valence-electron chi connectivity index (χ1n) is 9.00. The summed E-state index contributed by atoms with van der Waals surface area (Å²) in [6.07, 6.45) is 3.72. The first kappa shape index (κ1) is 16.6. The van der Waals surface area contributed by atoms with Crippen molar-refractivity contribution in [2.24, 2.45) is 0 Å². The molecule has 4 nitrogen and oxygen atoms in total. The molecule has 132 valence electrons. The Kier molecular flexibility index (Phi) is 3.91. The number of rotatable bonds is 2. The van der Waals surface area contributed by atoms with Crippen LogP contribution in [0, 0.1) is 20.8 Å². The third kappa shape index (κ3) is 2.62. The van der Waals surface area contributed by atoms with Gasteiger partial charge in [-0.2, -0.15) is 0 Å². The molecule has 1 N–H and O–H groups in total. The minimum Gasteiger partial charge on any atom is -0.346 e. The maximum absolute atomic E-state index is 13.0. The molecule has 0 aliphatic carbocycles. The van der Waals surface area contributed by atoms with Gasteiger partial charge >= 0.3 is 0 Å². The highest BCUT2D eigenvalue weighted by Crippen LogP contribution is 2.25. The van der Waals surface area contributed by atoms with E-state index in [-0.39, 0.29) is 16.9 Å². The SMILES string of the molecule is Cc1cc(C)c(NC(=O)c2cn3c4c(cccc4c2=O)CCC3)c(C)c1. The number of carbonyl (C=O) groups excluding carboxylic acids is 1. The molecule has 4 heteroatoms. The van der Waals surface area contributed by atoms with E-state index >= 15 is 0 Å². The van der Waals surface area contributed by atoms with E-state index in [0.717, 1.165) is 47.3 Å². The molecule has 2 aromatic carbocycles. The summed E-state index contributed by atoms with van der Waals surface area (Å²) in [5.41, 5.74) is 6.11. The number of anilines is 1. The minimum atomic E-state index is -0.341. The monoisotopic (exact) mass is 346 g/mol. The first-order chi connectivity index (χ1) is 12.5. The van der Waals surface area contributed by atoms with Crippen molar-refractivity contribution < 1.29 is 4.79 Å². The Balaban J connectivity index is 1.82. The number of hydrogen-bond acceptors (Lipinski definition) is 2. The number of amides is 1. The van der Waals surface area contributed by atoms with Crippen molar-refractivity contribution in [2.75, 3.05) is 5.32 Å². The lowest BCUT2D eigenvalue weighted by atomic mass is 9.99. The third-order valence-electron chi connectivity index (χ3n) is 5.19. The van der Waals surface area contributed by atoms with Crippen LogP contribution in [0.2, 0.25) is 0 Å². The number of nitrogens with one attached hydrogen (secondary N) is 1. The van der Waals surface area contributed by atoms with Crippen molar-refractivity contribution in [2.45, 2.75) is 40.2 Å². The molecule has 4 rings (SSSR count). The van der Waals surface area contributed by atoms with Crippen LogP contribution in [0.15, 0.2) is 41.3 Å². The van der Waals surface area contributed by atoms with Crippen LogP contribution in [0.1, 0.15) is 39.0 Å². The molecule has 26 heavy (non-hydrogen) atoms. The van der Waals surface area contributed by atoms with Gasteiger partial charge in [-0.3, -0.25) is 9.59 Å². The Morgan fingerprint density at radius 3 is 2.58 bits per heavy atom. The second kappa shape index (κ2) is 6.13. The molecule has 0 spiro atoms. The predicted molar refractivity (Wildman–Crippen MR) is 105 cm³/mol. The number of hydrogen-bond donors (Lipinski definition) is 1. The van der Waals surface area contributed by atoms with Gasteiger partial charge in [0, 0.05) is 23.8 Å². The highest BCUT2D eigenvalue weighted by molar-refractivity contribution is 6.06. The van der Waals surface area contributed by atoms with E-state index in [1.54, 1.807) is 6.20 Å². The van der Waals surface area contributed by atoms with Gasteiger partial charge in [0.05, 0.1) is 5.52 Å². The van der Waals surface area contributed by atoms with Gasteiger partial charge in [0.1, 0.15) is 5.56 Å². The summed E-state index contributed by atoms with van der Waals surface area (Å²) in [6, 6.07) is 9.86. The number of nitrogens with zero attached hydrogens (tertiary/aromatic N) is 1. The second-order valence-corrected chi connectivity index (χ2v) is 7.21. The van der Waals surface area contributed by atoms with Crippen LogP contribution in [-0.2, 0) is 13.0 Å². The Morgan fingerprint density at radius 1 is 1.12 bits per heavy atom. The molecule has 0 bridgehead atoms. The molecule has 0 unspecified atom stereocenters. The van der Waals surface area contributed by atoms with Gasteiger partial charge in [-0.15, -0.1) is 0 Å². The van der Waals surface area contributed by atoms with Gasteiger partial charge in [0.15, 0.2) is 0 Å². The van der Waals surface area contributed by atoms with Crippen molar-refractivity contribution in [3.8, 4) is 0 Å². The molecule has 2 heterocycles. The van der Waals surface area contributed by atoms with Gasteiger partial charge in [-0.25, -0.2) is 0 Å². The fourth-order valence-corrected chi connectivity index (χ4v) is 4.08. The van der Waals surface area contributed by atoms with Crippen molar-refractivity contribution in [1.82, 2.24) is 4.57 Å². The molecule has 1 aliphatic heterocycles. The number of carbonyl (C=O) groups is 1. The summed E-state index contributed by atoms with van der Waals surface area (Å²) in [6.45, 7) is 6.80. The zero-order valence-electron chi connectivity index (χ0n) is 15.3. The highest BCUT2D eigenvalue weighted by atomic mass is 16.2. The van der Waals surface area contributed by atoms with E-state index in [4.69, 9.17) is 0 Å². The van der Waals surface area contributed by atoms with E-state index in [9.17, 15) is 9.59 Å². The van der Waals surface area contributed by atoms with Crippen LogP contribution in [0.3, 0.4) is 0 Å². The van der Waals surface area contributed by atoms with Crippen molar-refractivity contribution in [3.63, 3.8) is 0 Å². The summed E-state index contributed by atoms with van der Waals surface area (Å²) in [5.74, 6) is -0.341. The average molecular weight is 346 g/mol. The normalized spacial score (nSPS) is 13.0. The summed E-state index contributed by atoms with van der Waals surface area (Å²) < 4.78 is 2.05. The van der Waals surface area contributed by atoms with Crippen LogP contribution in [-0.4, -0.2) is 10.5 Å². The fourth-order valence-electron chi connectivity index (χ4n) is 4.08. The van der Waals surface area contributed by atoms with Gasteiger partial charge in [0.25, 0.3) is 5.91 Å². The van der Waals surface area contributed by atoms with E-state index in [2.05, 4.69) is 16.0 Å². The van der Waals surface area contributed by atoms with Crippen LogP contribution in [0.5, 0.6) is 0 Å². The number of aromatic nitrogens is 1. The molecule has 3 aromatic rings. The molecular formula is C22H22N2O2. The second-order valence-electron chi connectivity index (χ2n) is 7.21. The summed E-state index contributed by atoms with van der Waals surface area (Å²) >= 11 is 0. The van der Waals surface area contributed by atoms with Crippen LogP contribution in [0.4, 0.5) is 5.69 Å². The molecule has 0 radical (unpaired) electrons. The average Bonchev–Trinajstić information content (AvgIpc) is 2.61. The Morgan fingerprint density at radius 2 is 1.85 bits per heavy atom. The van der Waals surface area contributed by atoms with Crippen LogP contribution < -0.4 is 10.7 Å². The van der Waals surface area contributed by atoms with Crippen LogP contribution >= 0.6 is 0 Å². The van der Waals surface area contributed by atoms with Gasteiger partial charge in [-0.1, -0.05) is 29.8 Å². The molecule has 1 aromatic heterocycles. The van der Waals surface area contributed by atoms with Crippen molar-refractivity contribution in [3.05, 3.63) is 74.6 Å². The fraction of sp³-hybridized carbons (Fsp3) is 0.273. The Hall–Kier alpha value is -2.88. The zero-order valence-corrected chi connectivity index (χ0v) is 15.3. The molecule has 0 saturated carbocycles. The van der Waals surface area contributed by atoms with E-state index in [1.165, 1.54) is 5.56 Å². The maximum atomic E-state index is 13.0. The van der Waals surface area contributed by atoms with Crippen molar-refractivity contribution >= 4 is 22.5 Å². The standard InChI is InChI=1S/C22H22N2O2/c1-13-10-14(2)19(15(3)11-13)23-22(26)18-12-24-9-5-7-16-6-4-8-17(20(16)24)21(18)25/h4,6,8,10-12H,5,7,9H2,1-3H3,(H,23,26). The van der Waals surface area contributed by atoms with E-state index < -0.39 is 0 Å². The zero-order chi connectivity index (χ0) is 18.4. The quantitative estimate of drug-likeness (QED) is 0.759. The molecular weight excluding hydrogens is 324 g/mol. The lowest BCUT2D eigenvalue weighted by molar-refractivity contribution is 0.102. The van der Waals surface area contributed by atoms with Gasteiger partial charge in [-0.05, 0) is 56.4 Å². The Bertz CT molecular complexity index is 1090. The largest absolute Gasteiger partial charge is 0.346 e. The lowest BCUT2D eigenvalue weighted by Crippen LogP contribution is -2.26. The first-order valence-corrected chi connectivity index (χ1v) is 9.00. The van der Waals surface area contributed by atoms with E-state index in [0.29, 0.717) is 5.39 Å². The molecule has 0 fully saturated rings. The predicted octanol–water partition coefficient (Wildman–Crippen LogP) is 4.13. The topological polar surface area (TPSA) is 51.1 Å². The maximum Gasteiger partial charge on any atom is 0.261 e. The van der Waals surface area contributed by atoms with E-state index in [1.807, 2.05) is 45.0 Å². The molecule has 1 aliphatic rings. The number of aryl methyl sites for hydroxylation is 5. The van der Waals surface area contributed by atoms with Crippen molar-refractivity contribution in [1.29, 1.82) is 0 Å². The summed E-state index contributed by atoms with van der Waals surface area (Å²) in [4.78, 5) is 25.9. The molecule has 1 amide bonds. The van der Waals surface area contributed by atoms with Crippen LogP contribution in [0.25, 0.3) is 10.9 Å². The van der Waals surface area contributed by atoms with Gasteiger partial charge < -0.3 is 9.88 Å². The molecule has 0 saturated heterocycles. The molecule has 0 atom stereocenters.